The minimum absolute atomic E-state index is 0.0725. The predicted octanol–water partition coefficient (Wildman–Crippen LogP) is 2.86. The highest BCUT2D eigenvalue weighted by Crippen LogP contribution is 2.40. The maximum Gasteiger partial charge on any atom is 0.411 e. The molecule has 0 bridgehead atoms. The molecule has 136 valence electrons. The average molecular weight is 367 g/mol. The average Bonchev–Trinajstić information content (AvgIpc) is 2.90. The van der Waals surface area contributed by atoms with Crippen LogP contribution < -0.4 is 4.90 Å². The van der Waals surface area contributed by atoms with Crippen molar-refractivity contribution in [3.8, 4) is 0 Å². The molecule has 7 heteroatoms. The molecule has 1 fully saturated rings. The third-order valence-electron chi connectivity index (χ3n) is 4.51. The van der Waals surface area contributed by atoms with Gasteiger partial charge < -0.3 is 14.4 Å². The van der Waals surface area contributed by atoms with Crippen LogP contribution in [0.3, 0.4) is 0 Å². The summed E-state index contributed by atoms with van der Waals surface area (Å²) in [5, 5.41) is 0.661. The van der Waals surface area contributed by atoms with Crippen LogP contribution in [0.5, 0.6) is 0 Å². The number of fused-ring (bicyclic) bond motifs is 3. The molecule has 2 aliphatic rings. The van der Waals surface area contributed by atoms with Crippen LogP contribution in [0.25, 0.3) is 0 Å². The van der Waals surface area contributed by atoms with Gasteiger partial charge in [-0.2, -0.15) is 0 Å². The van der Waals surface area contributed by atoms with Crippen LogP contribution in [0.1, 0.15) is 26.3 Å². The van der Waals surface area contributed by atoms with Crippen LogP contribution in [-0.2, 0) is 20.7 Å². The molecule has 25 heavy (non-hydrogen) atoms. The van der Waals surface area contributed by atoms with E-state index in [-0.39, 0.29) is 6.04 Å². The third-order valence-corrected chi connectivity index (χ3v) is 4.81. The molecule has 2 heterocycles. The molecule has 0 radical (unpaired) electrons. The van der Waals surface area contributed by atoms with E-state index in [4.69, 9.17) is 21.1 Å². The van der Waals surface area contributed by atoms with Gasteiger partial charge in [-0.1, -0.05) is 23.7 Å². The van der Waals surface area contributed by atoms with Gasteiger partial charge in [0.2, 0.25) is 0 Å². The van der Waals surface area contributed by atoms with Crippen molar-refractivity contribution in [1.82, 2.24) is 4.90 Å². The van der Waals surface area contributed by atoms with Gasteiger partial charge in [0.1, 0.15) is 5.60 Å². The topological polar surface area (TPSA) is 59.1 Å². The lowest BCUT2D eigenvalue weighted by molar-refractivity contribution is -0.147. The summed E-state index contributed by atoms with van der Waals surface area (Å²) in [6, 6.07) is 5.14. The molecule has 0 saturated carbocycles. The van der Waals surface area contributed by atoms with Gasteiger partial charge in [-0.3, -0.25) is 4.90 Å². The maximum atomic E-state index is 12.6. The summed E-state index contributed by atoms with van der Waals surface area (Å²) >= 11 is 6.37. The molecule has 3 rings (SSSR count). The van der Waals surface area contributed by atoms with Crippen molar-refractivity contribution in [3.63, 3.8) is 0 Å². The van der Waals surface area contributed by atoms with Gasteiger partial charge in [-0.05, 0) is 38.8 Å². The molecule has 1 saturated heterocycles. The Hall–Kier alpha value is -1.95. The first-order valence-electron chi connectivity index (χ1n) is 8.32. The minimum Gasteiger partial charge on any atom is -0.467 e. The molecule has 0 spiro atoms. The largest absolute Gasteiger partial charge is 0.467 e. The number of hydrogen-bond donors (Lipinski definition) is 0. The number of nitrogens with zero attached hydrogens (tertiary/aromatic N) is 2. The fraction of sp³-hybridized carbons (Fsp3) is 0.556. The number of anilines is 1. The second-order valence-corrected chi connectivity index (χ2v) is 7.84. The lowest BCUT2D eigenvalue weighted by Crippen LogP contribution is -2.62. The van der Waals surface area contributed by atoms with E-state index in [1.165, 1.54) is 12.0 Å². The Kier molecular flexibility index (Phi) is 4.58. The molecule has 1 aromatic carbocycles. The van der Waals surface area contributed by atoms with E-state index in [0.717, 1.165) is 17.7 Å². The minimum atomic E-state index is -0.724. The highest BCUT2D eigenvalue weighted by molar-refractivity contribution is 6.33. The number of halogens is 1. The van der Waals surface area contributed by atoms with Crippen molar-refractivity contribution in [2.75, 3.05) is 25.1 Å². The molecular weight excluding hydrogens is 344 g/mol. The number of ether oxygens (including phenoxy) is 2. The monoisotopic (exact) mass is 366 g/mol. The van der Waals surface area contributed by atoms with Crippen molar-refractivity contribution >= 4 is 29.4 Å². The lowest BCUT2D eigenvalue weighted by Gasteiger charge is -2.43. The van der Waals surface area contributed by atoms with E-state index < -0.39 is 23.7 Å². The van der Waals surface area contributed by atoms with E-state index in [1.54, 1.807) is 20.8 Å². The Bertz CT molecular complexity index is 701. The van der Waals surface area contributed by atoms with Crippen LogP contribution in [0.4, 0.5) is 10.5 Å². The number of hydrogen-bond acceptors (Lipinski definition) is 5. The number of benzene rings is 1. The second-order valence-electron chi connectivity index (χ2n) is 7.43. The molecule has 0 aliphatic carbocycles. The summed E-state index contributed by atoms with van der Waals surface area (Å²) in [6.07, 6.45) is 0.285. The Morgan fingerprint density at radius 2 is 1.96 bits per heavy atom. The normalized spacial score (nSPS) is 22.3. The van der Waals surface area contributed by atoms with E-state index >= 15 is 0 Å². The zero-order chi connectivity index (χ0) is 18.4. The summed E-state index contributed by atoms with van der Waals surface area (Å²) in [4.78, 5) is 28.5. The van der Waals surface area contributed by atoms with Gasteiger partial charge in [-0.15, -0.1) is 0 Å². The third kappa shape index (κ3) is 3.40. The highest BCUT2D eigenvalue weighted by atomic mass is 35.5. The SMILES string of the molecule is COC(=O)[C@@H]1CN2c3c(Cl)cccc3C[C@H]2CN1C(=O)OC(C)(C)C. The Morgan fingerprint density at radius 1 is 1.24 bits per heavy atom. The van der Waals surface area contributed by atoms with Crippen molar-refractivity contribution in [1.29, 1.82) is 0 Å². The number of carbonyl (C=O) groups is 2. The molecule has 0 aromatic heterocycles. The molecule has 1 aromatic rings. The van der Waals surface area contributed by atoms with E-state index in [0.29, 0.717) is 18.1 Å². The highest BCUT2D eigenvalue weighted by Gasteiger charge is 2.45. The summed E-state index contributed by atoms with van der Waals surface area (Å²) in [5.41, 5.74) is 1.45. The van der Waals surface area contributed by atoms with Crippen molar-refractivity contribution in [2.45, 2.75) is 44.9 Å². The summed E-state index contributed by atoms with van der Waals surface area (Å²) in [5.74, 6) is -0.454. The van der Waals surface area contributed by atoms with Crippen LogP contribution in [0, 0.1) is 0 Å². The van der Waals surface area contributed by atoms with Gasteiger partial charge in [0, 0.05) is 13.1 Å². The molecule has 2 atom stereocenters. The summed E-state index contributed by atoms with van der Waals surface area (Å²) in [6.45, 7) is 6.14. The molecule has 2 aliphatic heterocycles. The number of methoxy groups -OCH3 is 1. The quantitative estimate of drug-likeness (QED) is 0.715. The molecule has 0 unspecified atom stereocenters. The number of para-hydroxylation sites is 1. The Morgan fingerprint density at radius 3 is 2.60 bits per heavy atom. The van der Waals surface area contributed by atoms with E-state index in [2.05, 4.69) is 4.90 Å². The Balaban J connectivity index is 1.89. The van der Waals surface area contributed by atoms with Gasteiger partial charge >= 0.3 is 12.1 Å². The lowest BCUT2D eigenvalue weighted by atomic mass is 10.1. The van der Waals surface area contributed by atoms with Gasteiger partial charge in [0.15, 0.2) is 6.04 Å². The van der Waals surface area contributed by atoms with E-state index in [9.17, 15) is 9.59 Å². The fourth-order valence-corrected chi connectivity index (χ4v) is 3.80. The molecular formula is C18H23ClN2O4. The maximum absolute atomic E-state index is 12.6. The first-order valence-corrected chi connectivity index (χ1v) is 8.70. The molecule has 6 nitrogen and oxygen atoms in total. The number of carbonyl (C=O) groups excluding carboxylic acids is 2. The fourth-order valence-electron chi connectivity index (χ4n) is 3.50. The first-order chi connectivity index (χ1) is 11.7. The van der Waals surface area contributed by atoms with Crippen LogP contribution in [0.2, 0.25) is 5.02 Å². The number of rotatable bonds is 1. The van der Waals surface area contributed by atoms with Gasteiger partial charge in [0.25, 0.3) is 0 Å². The zero-order valence-electron chi connectivity index (χ0n) is 14.9. The standard InChI is InChI=1S/C18H23ClN2O4/c1-18(2,3)25-17(23)21-9-12-8-11-6-5-7-13(19)15(11)20(12)10-14(21)16(22)24-4/h5-7,12,14H,8-10H2,1-4H3/t12-,14-/m0/s1. The predicted molar refractivity (Wildman–Crippen MR) is 95.0 cm³/mol. The van der Waals surface area contributed by atoms with Gasteiger partial charge in [0.05, 0.1) is 23.9 Å². The van der Waals surface area contributed by atoms with Gasteiger partial charge in [-0.25, -0.2) is 9.59 Å². The van der Waals surface area contributed by atoms with Crippen LogP contribution in [0.15, 0.2) is 18.2 Å². The molecule has 0 N–H and O–H groups in total. The van der Waals surface area contributed by atoms with Crippen LogP contribution in [-0.4, -0.2) is 54.8 Å². The summed E-state index contributed by atoms with van der Waals surface area (Å²) < 4.78 is 10.4. The van der Waals surface area contributed by atoms with Crippen molar-refractivity contribution < 1.29 is 19.1 Å². The smallest absolute Gasteiger partial charge is 0.411 e. The number of amides is 1. The van der Waals surface area contributed by atoms with Crippen molar-refractivity contribution in [2.24, 2.45) is 0 Å². The van der Waals surface area contributed by atoms with Crippen molar-refractivity contribution in [3.05, 3.63) is 28.8 Å². The first kappa shape index (κ1) is 17.9. The zero-order valence-corrected chi connectivity index (χ0v) is 15.7. The van der Waals surface area contributed by atoms with E-state index in [1.807, 2.05) is 18.2 Å². The Labute approximate surface area is 152 Å². The summed E-state index contributed by atoms with van der Waals surface area (Å²) in [7, 11) is 1.33. The van der Waals surface area contributed by atoms with Crippen LogP contribution >= 0.6 is 11.6 Å². The molecule has 1 amide bonds. The second kappa shape index (κ2) is 6.41. The number of piperazine rings is 1. The number of esters is 1.